The highest BCUT2D eigenvalue weighted by Crippen LogP contribution is 2.33. The zero-order valence-electron chi connectivity index (χ0n) is 6.67. The first-order chi connectivity index (χ1) is 6.45. The van der Waals surface area contributed by atoms with Gasteiger partial charge in [0.1, 0.15) is 0 Å². The van der Waals surface area contributed by atoms with Crippen LogP contribution in [0.2, 0.25) is 5.02 Å². The molecule has 0 spiro atoms. The lowest BCUT2D eigenvalue weighted by Gasteiger charge is -2.07. The highest BCUT2D eigenvalue weighted by molar-refractivity contribution is 6.34. The summed E-state index contributed by atoms with van der Waals surface area (Å²) in [6.45, 7) is 0. The van der Waals surface area contributed by atoms with Gasteiger partial charge in [-0.2, -0.15) is 0 Å². The van der Waals surface area contributed by atoms with Crippen LogP contribution in [0.5, 0.6) is 0 Å². The first kappa shape index (κ1) is 10.6. The normalized spacial score (nSPS) is 10.6. The average Bonchev–Trinajstić information content (AvgIpc) is 2.02. The summed E-state index contributed by atoms with van der Waals surface area (Å²) in [6, 6.07) is 0. The molecule has 0 saturated carbocycles. The van der Waals surface area contributed by atoms with Crippen LogP contribution in [0.15, 0.2) is 6.20 Å². The summed E-state index contributed by atoms with van der Waals surface area (Å²) in [7, 11) is 0. The van der Waals surface area contributed by atoms with Crippen LogP contribution in [0.25, 0.3) is 0 Å². The van der Waals surface area contributed by atoms with Gasteiger partial charge in [-0.1, -0.05) is 11.6 Å². The molecule has 1 aromatic rings. The van der Waals surface area contributed by atoms with Gasteiger partial charge in [-0.05, 0) is 0 Å². The van der Waals surface area contributed by atoms with Crippen molar-refractivity contribution in [3.8, 4) is 0 Å². The Labute approximate surface area is 82.3 Å². The molecule has 76 valence electrons. The Morgan fingerprint density at radius 3 is 2.64 bits per heavy atom. The Kier molecular flexibility index (Phi) is 2.85. The number of aromatic nitrogens is 1. The van der Waals surface area contributed by atoms with Crippen LogP contribution in [-0.2, 0) is 0 Å². The van der Waals surface area contributed by atoms with Crippen LogP contribution in [0.1, 0.15) is 22.5 Å². The second-order valence-corrected chi connectivity index (χ2v) is 2.77. The van der Waals surface area contributed by atoms with Gasteiger partial charge in [-0.25, -0.2) is 18.6 Å². The molecule has 0 radical (unpaired) electrons. The first-order valence-electron chi connectivity index (χ1n) is 3.40. The van der Waals surface area contributed by atoms with E-state index in [1.165, 1.54) is 0 Å². The average molecular weight is 223 g/mol. The maximum atomic E-state index is 12.3. The topological polar surface area (TPSA) is 76.2 Å². The van der Waals surface area contributed by atoms with E-state index in [9.17, 15) is 13.6 Å². The number of halogens is 3. The molecule has 0 bridgehead atoms. The van der Waals surface area contributed by atoms with Gasteiger partial charge < -0.3 is 10.8 Å². The van der Waals surface area contributed by atoms with E-state index >= 15 is 0 Å². The van der Waals surface area contributed by atoms with Gasteiger partial charge in [0.25, 0.3) is 6.43 Å². The van der Waals surface area contributed by atoms with Crippen LogP contribution in [0, 0.1) is 0 Å². The van der Waals surface area contributed by atoms with Crippen LogP contribution in [0.4, 0.5) is 14.5 Å². The summed E-state index contributed by atoms with van der Waals surface area (Å²) in [4.78, 5) is 13.8. The van der Waals surface area contributed by atoms with Gasteiger partial charge in [0.15, 0.2) is 5.69 Å². The second kappa shape index (κ2) is 3.75. The van der Waals surface area contributed by atoms with E-state index in [2.05, 4.69) is 4.98 Å². The third-order valence-corrected chi connectivity index (χ3v) is 1.89. The molecule has 0 fully saturated rings. The van der Waals surface area contributed by atoms with E-state index in [4.69, 9.17) is 22.4 Å². The van der Waals surface area contributed by atoms with E-state index in [-0.39, 0.29) is 5.69 Å². The Bertz CT molecular complexity index is 384. The molecule has 14 heavy (non-hydrogen) atoms. The molecule has 0 amide bonds. The van der Waals surface area contributed by atoms with Crippen molar-refractivity contribution >= 4 is 23.3 Å². The quantitative estimate of drug-likeness (QED) is 0.802. The predicted octanol–water partition coefficient (Wildman–Crippen LogP) is 1.95. The number of rotatable bonds is 2. The maximum absolute atomic E-state index is 12.3. The molecule has 1 aromatic heterocycles. The summed E-state index contributed by atoms with van der Waals surface area (Å²) in [5.74, 6) is -1.48. The third kappa shape index (κ3) is 1.74. The molecule has 0 unspecified atom stereocenters. The SMILES string of the molecule is Nc1cnc(C(=O)O)c(Cl)c1C(F)F. The molecule has 7 heteroatoms. The zero-order valence-corrected chi connectivity index (χ0v) is 7.42. The molecule has 1 heterocycles. The lowest BCUT2D eigenvalue weighted by molar-refractivity contribution is 0.0690. The number of carboxylic acid groups (broad SMARTS) is 1. The van der Waals surface area contributed by atoms with Crippen molar-refractivity contribution in [1.29, 1.82) is 0 Å². The van der Waals surface area contributed by atoms with Crippen molar-refractivity contribution in [1.82, 2.24) is 4.98 Å². The highest BCUT2D eigenvalue weighted by atomic mass is 35.5. The van der Waals surface area contributed by atoms with Crippen LogP contribution >= 0.6 is 11.6 Å². The molecule has 0 saturated heterocycles. The van der Waals surface area contributed by atoms with Gasteiger partial charge in [-0.3, -0.25) is 0 Å². The van der Waals surface area contributed by atoms with Gasteiger partial charge in [0.05, 0.1) is 22.5 Å². The lowest BCUT2D eigenvalue weighted by atomic mass is 10.2. The van der Waals surface area contributed by atoms with Crippen molar-refractivity contribution < 1.29 is 18.7 Å². The summed E-state index contributed by atoms with van der Waals surface area (Å²) in [5, 5.41) is 7.91. The Morgan fingerprint density at radius 1 is 1.64 bits per heavy atom. The largest absolute Gasteiger partial charge is 0.476 e. The van der Waals surface area contributed by atoms with E-state index in [0.29, 0.717) is 0 Å². The monoisotopic (exact) mass is 222 g/mol. The minimum atomic E-state index is -2.93. The standard InChI is InChI=1S/C7H5ClF2N2O2/c8-4-3(6(9)10)2(11)1-12-5(4)7(13)14/h1,6H,11H2,(H,13,14). The first-order valence-corrected chi connectivity index (χ1v) is 3.78. The van der Waals surface area contributed by atoms with Crippen molar-refractivity contribution in [3.63, 3.8) is 0 Å². The fourth-order valence-corrected chi connectivity index (χ4v) is 1.21. The lowest BCUT2D eigenvalue weighted by Crippen LogP contribution is -2.06. The van der Waals surface area contributed by atoms with E-state index in [1.54, 1.807) is 0 Å². The van der Waals surface area contributed by atoms with Crippen molar-refractivity contribution in [2.45, 2.75) is 6.43 Å². The molecular formula is C7H5ClF2N2O2. The summed E-state index contributed by atoms with van der Waals surface area (Å²) in [5.41, 5.74) is 3.52. The second-order valence-electron chi connectivity index (χ2n) is 2.40. The zero-order chi connectivity index (χ0) is 10.9. The van der Waals surface area contributed by atoms with E-state index in [0.717, 1.165) is 6.20 Å². The van der Waals surface area contributed by atoms with Gasteiger partial charge in [0, 0.05) is 0 Å². The fourth-order valence-electron chi connectivity index (χ4n) is 0.885. The molecule has 4 nitrogen and oxygen atoms in total. The predicted molar refractivity (Wildman–Crippen MR) is 45.6 cm³/mol. The molecule has 0 atom stereocenters. The van der Waals surface area contributed by atoms with Crippen LogP contribution < -0.4 is 5.73 Å². The molecule has 3 N–H and O–H groups in total. The molecule has 0 aliphatic rings. The van der Waals surface area contributed by atoms with Crippen molar-refractivity contribution in [2.75, 3.05) is 5.73 Å². The molecular weight excluding hydrogens is 218 g/mol. The number of alkyl halides is 2. The summed E-state index contributed by atoms with van der Waals surface area (Å²) in [6.07, 6.45) is -2.08. The minimum Gasteiger partial charge on any atom is -0.476 e. The smallest absolute Gasteiger partial charge is 0.356 e. The number of carbonyl (C=O) groups is 1. The van der Waals surface area contributed by atoms with Crippen molar-refractivity contribution in [2.24, 2.45) is 0 Å². The molecule has 1 rings (SSSR count). The van der Waals surface area contributed by atoms with Gasteiger partial charge in [0.2, 0.25) is 0 Å². The molecule has 0 aliphatic heterocycles. The number of carboxylic acids is 1. The van der Waals surface area contributed by atoms with Crippen LogP contribution in [0.3, 0.4) is 0 Å². The number of nitrogens with two attached hydrogens (primary N) is 1. The number of anilines is 1. The number of nitrogen functional groups attached to an aromatic ring is 1. The molecule has 0 aromatic carbocycles. The van der Waals surface area contributed by atoms with Crippen molar-refractivity contribution in [3.05, 3.63) is 22.5 Å². The maximum Gasteiger partial charge on any atom is 0.356 e. The summed E-state index contributed by atoms with van der Waals surface area (Å²) < 4.78 is 24.7. The Hall–Kier alpha value is -1.43. The van der Waals surface area contributed by atoms with Crippen LogP contribution in [-0.4, -0.2) is 16.1 Å². The Morgan fingerprint density at radius 2 is 2.21 bits per heavy atom. The summed E-state index contributed by atoms with van der Waals surface area (Å²) >= 11 is 5.40. The highest BCUT2D eigenvalue weighted by Gasteiger charge is 2.22. The number of hydrogen-bond donors (Lipinski definition) is 2. The Balaban J connectivity index is 3.41. The van der Waals surface area contributed by atoms with E-state index in [1.807, 2.05) is 0 Å². The number of pyridine rings is 1. The number of hydrogen-bond acceptors (Lipinski definition) is 3. The minimum absolute atomic E-state index is 0.324. The fraction of sp³-hybridized carbons (Fsp3) is 0.143. The molecule has 0 aliphatic carbocycles. The number of nitrogens with zero attached hydrogens (tertiary/aromatic N) is 1. The van der Waals surface area contributed by atoms with Gasteiger partial charge >= 0.3 is 5.97 Å². The van der Waals surface area contributed by atoms with E-state index < -0.39 is 28.7 Å². The number of aromatic carboxylic acids is 1. The third-order valence-electron chi connectivity index (χ3n) is 1.51. The van der Waals surface area contributed by atoms with Gasteiger partial charge in [-0.15, -0.1) is 0 Å².